The lowest BCUT2D eigenvalue weighted by atomic mass is 10.2. The molecule has 1 aliphatic rings. The van der Waals surface area contributed by atoms with Crippen molar-refractivity contribution < 1.29 is 9.21 Å². The molecule has 1 aromatic rings. The number of nitrogens with zero attached hydrogens (tertiary/aromatic N) is 1. The molecule has 1 fully saturated rings. The predicted octanol–water partition coefficient (Wildman–Crippen LogP) is 0.257. The van der Waals surface area contributed by atoms with E-state index in [1.54, 1.807) is 6.26 Å². The van der Waals surface area contributed by atoms with Crippen LogP contribution < -0.4 is 10.2 Å². The van der Waals surface area contributed by atoms with Gasteiger partial charge < -0.3 is 19.4 Å². The van der Waals surface area contributed by atoms with Crippen molar-refractivity contribution >= 4 is 12.2 Å². The van der Waals surface area contributed by atoms with Gasteiger partial charge in [0.1, 0.15) is 6.29 Å². The van der Waals surface area contributed by atoms with Crippen LogP contribution in [0.25, 0.3) is 0 Å². The average Bonchev–Trinajstić information content (AvgIpc) is 2.71. The second kappa shape index (κ2) is 3.62. The van der Waals surface area contributed by atoms with Crippen molar-refractivity contribution in [3.63, 3.8) is 0 Å². The molecule has 1 unspecified atom stereocenters. The van der Waals surface area contributed by atoms with Crippen molar-refractivity contribution in [3.8, 4) is 0 Å². The summed E-state index contributed by atoms with van der Waals surface area (Å²) in [6.07, 6.45) is 2.59. The van der Waals surface area contributed by atoms with E-state index in [9.17, 15) is 4.79 Å². The molecule has 2 rings (SSSR count). The van der Waals surface area contributed by atoms with Crippen LogP contribution in [-0.4, -0.2) is 32.0 Å². The quantitative estimate of drug-likeness (QED) is 0.663. The topological polar surface area (TPSA) is 45.5 Å². The van der Waals surface area contributed by atoms with E-state index in [-0.39, 0.29) is 6.04 Å². The summed E-state index contributed by atoms with van der Waals surface area (Å²) in [4.78, 5) is 12.6. The zero-order valence-electron chi connectivity index (χ0n) is 7.27. The minimum atomic E-state index is -0.0705. The molecule has 0 radical (unpaired) electrons. The average molecular weight is 180 g/mol. The van der Waals surface area contributed by atoms with Crippen LogP contribution in [0.3, 0.4) is 0 Å². The summed E-state index contributed by atoms with van der Waals surface area (Å²) in [6, 6.07) is 3.69. The highest BCUT2D eigenvalue weighted by atomic mass is 16.3. The lowest BCUT2D eigenvalue weighted by Gasteiger charge is -2.30. The molecule has 1 aliphatic heterocycles. The molecule has 0 aliphatic carbocycles. The Labute approximate surface area is 76.5 Å². The smallest absolute Gasteiger partial charge is 0.195 e. The van der Waals surface area contributed by atoms with Gasteiger partial charge in [-0.05, 0) is 6.07 Å². The molecule has 0 bridgehead atoms. The second-order valence-corrected chi connectivity index (χ2v) is 3.09. The number of anilines is 1. The molecular formula is C9H12N2O2. The van der Waals surface area contributed by atoms with E-state index in [0.29, 0.717) is 6.54 Å². The minimum Gasteiger partial charge on any atom is -0.449 e. The number of carbonyl (C=O) groups is 1. The Balaban J connectivity index is 2.04. The Morgan fingerprint density at radius 1 is 1.69 bits per heavy atom. The summed E-state index contributed by atoms with van der Waals surface area (Å²) in [7, 11) is 0. The highest BCUT2D eigenvalue weighted by Crippen LogP contribution is 2.15. The standard InChI is InChI=1S/C9H12N2O2/c12-7-8-6-11(4-3-10-8)9-2-1-5-13-9/h1-2,5,7-8,10H,3-4,6H2. The highest BCUT2D eigenvalue weighted by Gasteiger charge is 2.19. The highest BCUT2D eigenvalue weighted by molar-refractivity contribution is 5.60. The van der Waals surface area contributed by atoms with Gasteiger partial charge in [0.05, 0.1) is 12.3 Å². The summed E-state index contributed by atoms with van der Waals surface area (Å²) < 4.78 is 5.25. The van der Waals surface area contributed by atoms with Gasteiger partial charge in [-0.2, -0.15) is 0 Å². The number of rotatable bonds is 2. The third kappa shape index (κ3) is 1.72. The van der Waals surface area contributed by atoms with E-state index < -0.39 is 0 Å². The fourth-order valence-electron chi connectivity index (χ4n) is 1.52. The molecule has 70 valence electrons. The van der Waals surface area contributed by atoms with Gasteiger partial charge in [0, 0.05) is 25.7 Å². The number of nitrogens with one attached hydrogen (secondary N) is 1. The van der Waals surface area contributed by atoms with E-state index >= 15 is 0 Å². The summed E-state index contributed by atoms with van der Waals surface area (Å²) >= 11 is 0. The first kappa shape index (κ1) is 8.31. The van der Waals surface area contributed by atoms with E-state index in [4.69, 9.17) is 4.42 Å². The molecular weight excluding hydrogens is 168 g/mol. The molecule has 4 nitrogen and oxygen atoms in total. The Kier molecular flexibility index (Phi) is 2.31. The predicted molar refractivity (Wildman–Crippen MR) is 48.8 cm³/mol. The van der Waals surface area contributed by atoms with Gasteiger partial charge in [-0.3, -0.25) is 0 Å². The lowest BCUT2D eigenvalue weighted by Crippen LogP contribution is -2.51. The Hall–Kier alpha value is -1.29. The maximum absolute atomic E-state index is 10.6. The largest absolute Gasteiger partial charge is 0.449 e. The molecule has 0 aromatic carbocycles. The van der Waals surface area contributed by atoms with Crippen LogP contribution in [0.1, 0.15) is 0 Å². The van der Waals surface area contributed by atoms with Gasteiger partial charge in [-0.25, -0.2) is 0 Å². The third-order valence-electron chi connectivity index (χ3n) is 2.19. The normalized spacial score (nSPS) is 23.1. The van der Waals surface area contributed by atoms with Crippen LogP contribution in [0.4, 0.5) is 5.88 Å². The number of aldehydes is 1. The maximum atomic E-state index is 10.6. The summed E-state index contributed by atoms with van der Waals surface area (Å²) in [5.41, 5.74) is 0. The van der Waals surface area contributed by atoms with Gasteiger partial charge in [-0.1, -0.05) is 0 Å². The first-order valence-electron chi connectivity index (χ1n) is 4.37. The molecule has 0 saturated carbocycles. The zero-order valence-corrected chi connectivity index (χ0v) is 7.27. The lowest BCUT2D eigenvalue weighted by molar-refractivity contribution is -0.109. The van der Waals surface area contributed by atoms with Gasteiger partial charge in [-0.15, -0.1) is 0 Å². The van der Waals surface area contributed by atoms with Crippen LogP contribution in [0, 0.1) is 0 Å². The van der Waals surface area contributed by atoms with Crippen molar-refractivity contribution in [3.05, 3.63) is 18.4 Å². The van der Waals surface area contributed by atoms with Crippen LogP contribution in [-0.2, 0) is 4.79 Å². The Bertz CT molecular complexity index is 271. The van der Waals surface area contributed by atoms with E-state index in [2.05, 4.69) is 10.2 Å². The zero-order chi connectivity index (χ0) is 9.10. The molecule has 1 N–H and O–H groups in total. The fraction of sp³-hybridized carbons (Fsp3) is 0.444. The Morgan fingerprint density at radius 3 is 3.31 bits per heavy atom. The number of carbonyl (C=O) groups excluding carboxylic acids is 1. The second-order valence-electron chi connectivity index (χ2n) is 3.09. The van der Waals surface area contributed by atoms with E-state index in [1.807, 2.05) is 12.1 Å². The molecule has 1 aromatic heterocycles. The summed E-state index contributed by atoms with van der Waals surface area (Å²) in [5.74, 6) is 0.841. The van der Waals surface area contributed by atoms with Crippen molar-refractivity contribution in [2.24, 2.45) is 0 Å². The van der Waals surface area contributed by atoms with Crippen molar-refractivity contribution in [1.29, 1.82) is 0 Å². The third-order valence-corrected chi connectivity index (χ3v) is 2.19. The van der Waals surface area contributed by atoms with Crippen LogP contribution in [0.5, 0.6) is 0 Å². The first-order valence-corrected chi connectivity index (χ1v) is 4.37. The maximum Gasteiger partial charge on any atom is 0.195 e. The van der Waals surface area contributed by atoms with Gasteiger partial charge in [0.15, 0.2) is 5.88 Å². The molecule has 1 atom stereocenters. The van der Waals surface area contributed by atoms with E-state index in [1.165, 1.54) is 0 Å². The summed E-state index contributed by atoms with van der Waals surface area (Å²) in [6.45, 7) is 2.40. The molecule has 13 heavy (non-hydrogen) atoms. The van der Waals surface area contributed by atoms with Crippen molar-refractivity contribution in [2.75, 3.05) is 24.5 Å². The van der Waals surface area contributed by atoms with Crippen molar-refractivity contribution in [1.82, 2.24) is 5.32 Å². The summed E-state index contributed by atoms with van der Waals surface area (Å²) in [5, 5.41) is 3.11. The van der Waals surface area contributed by atoms with Gasteiger partial charge in [0.25, 0.3) is 0 Å². The monoisotopic (exact) mass is 180 g/mol. The SMILES string of the molecule is O=CC1CN(c2ccco2)CCN1. The fourth-order valence-corrected chi connectivity index (χ4v) is 1.52. The molecule has 1 saturated heterocycles. The number of piperazine rings is 1. The first-order chi connectivity index (χ1) is 6.40. The number of furan rings is 1. The Morgan fingerprint density at radius 2 is 2.62 bits per heavy atom. The molecule has 0 amide bonds. The molecule has 2 heterocycles. The van der Waals surface area contributed by atoms with Gasteiger partial charge in [0.2, 0.25) is 0 Å². The molecule has 4 heteroatoms. The molecule has 0 spiro atoms. The van der Waals surface area contributed by atoms with Crippen molar-refractivity contribution in [2.45, 2.75) is 6.04 Å². The van der Waals surface area contributed by atoms with Crippen LogP contribution in [0.2, 0.25) is 0 Å². The minimum absolute atomic E-state index is 0.0705. The number of hydrogen-bond donors (Lipinski definition) is 1. The van der Waals surface area contributed by atoms with Gasteiger partial charge >= 0.3 is 0 Å². The van der Waals surface area contributed by atoms with E-state index in [0.717, 1.165) is 25.3 Å². The number of hydrogen-bond acceptors (Lipinski definition) is 4. The van der Waals surface area contributed by atoms with Crippen LogP contribution >= 0.6 is 0 Å². The van der Waals surface area contributed by atoms with Crippen LogP contribution in [0.15, 0.2) is 22.8 Å².